The zero-order valence-electron chi connectivity index (χ0n) is 15.6. The van der Waals surface area contributed by atoms with Gasteiger partial charge >= 0.3 is 0 Å². The molecule has 27 heavy (non-hydrogen) atoms. The SMILES string of the molecule is CCCNC(=O)CCc1c(C)n(C)c2nc(-c3ccc(Cl)cc3)nn2c1=O. The number of carbonyl (C=O) groups excluding carboxylic acids is 1. The van der Waals surface area contributed by atoms with Gasteiger partial charge in [0.1, 0.15) is 0 Å². The number of amides is 1. The molecule has 1 N–H and O–H groups in total. The van der Waals surface area contributed by atoms with Crippen LogP contribution in [0.25, 0.3) is 17.2 Å². The highest BCUT2D eigenvalue weighted by molar-refractivity contribution is 6.30. The van der Waals surface area contributed by atoms with Gasteiger partial charge in [0, 0.05) is 41.9 Å². The monoisotopic (exact) mass is 387 g/mol. The number of nitrogens with zero attached hydrogens (tertiary/aromatic N) is 4. The van der Waals surface area contributed by atoms with Gasteiger partial charge < -0.3 is 9.88 Å². The van der Waals surface area contributed by atoms with Crippen LogP contribution in [0.1, 0.15) is 31.0 Å². The summed E-state index contributed by atoms with van der Waals surface area (Å²) in [4.78, 5) is 29.3. The normalized spacial score (nSPS) is 11.1. The smallest absolute Gasteiger partial charge is 0.279 e. The van der Waals surface area contributed by atoms with Crippen LogP contribution in [0.4, 0.5) is 0 Å². The molecule has 0 aliphatic carbocycles. The van der Waals surface area contributed by atoms with Crippen molar-refractivity contribution >= 4 is 23.3 Å². The van der Waals surface area contributed by atoms with Crippen LogP contribution in [0, 0.1) is 6.92 Å². The predicted molar refractivity (Wildman–Crippen MR) is 105 cm³/mol. The molecule has 1 aromatic carbocycles. The third-order valence-corrected chi connectivity index (χ3v) is 4.81. The van der Waals surface area contributed by atoms with Gasteiger partial charge in [0.05, 0.1) is 0 Å². The molecule has 2 aromatic heterocycles. The fourth-order valence-electron chi connectivity index (χ4n) is 2.89. The van der Waals surface area contributed by atoms with E-state index in [1.54, 1.807) is 12.1 Å². The standard InChI is InChI=1S/C19H22ClN5O2/c1-4-11-21-16(26)10-9-15-12(2)24(3)19-22-17(23-25(19)18(15)27)13-5-7-14(20)8-6-13/h5-8H,4,9-11H2,1-3H3,(H,21,26). The maximum atomic E-state index is 12.9. The van der Waals surface area contributed by atoms with Gasteiger partial charge in [0.25, 0.3) is 5.56 Å². The molecule has 1 amide bonds. The molecular weight excluding hydrogens is 366 g/mol. The molecule has 0 saturated carbocycles. The second-order valence-electron chi connectivity index (χ2n) is 6.43. The highest BCUT2D eigenvalue weighted by Gasteiger charge is 2.17. The van der Waals surface area contributed by atoms with Crippen molar-refractivity contribution in [3.8, 4) is 11.4 Å². The average molecular weight is 388 g/mol. The molecule has 0 aliphatic rings. The third-order valence-electron chi connectivity index (χ3n) is 4.56. The molecule has 2 heterocycles. The number of aryl methyl sites for hydroxylation is 1. The maximum absolute atomic E-state index is 12.9. The number of nitrogens with one attached hydrogen (secondary N) is 1. The number of aromatic nitrogens is 4. The lowest BCUT2D eigenvalue weighted by molar-refractivity contribution is -0.121. The van der Waals surface area contributed by atoms with E-state index in [4.69, 9.17) is 11.6 Å². The zero-order valence-corrected chi connectivity index (χ0v) is 16.4. The molecule has 0 saturated heterocycles. The molecule has 7 nitrogen and oxygen atoms in total. The fraction of sp³-hybridized carbons (Fsp3) is 0.368. The lowest BCUT2D eigenvalue weighted by Crippen LogP contribution is -2.28. The molecule has 0 spiro atoms. The van der Waals surface area contributed by atoms with Gasteiger partial charge in [-0.05, 0) is 44.0 Å². The van der Waals surface area contributed by atoms with E-state index >= 15 is 0 Å². The van der Waals surface area contributed by atoms with Crippen molar-refractivity contribution in [1.29, 1.82) is 0 Å². The van der Waals surface area contributed by atoms with Crippen LogP contribution >= 0.6 is 11.6 Å². The third kappa shape index (κ3) is 3.88. The number of fused-ring (bicyclic) bond motifs is 1. The Morgan fingerprint density at radius 3 is 2.63 bits per heavy atom. The minimum absolute atomic E-state index is 0.0566. The van der Waals surface area contributed by atoms with E-state index in [9.17, 15) is 9.59 Å². The Morgan fingerprint density at radius 1 is 1.26 bits per heavy atom. The average Bonchev–Trinajstić information content (AvgIpc) is 3.11. The molecular formula is C19H22ClN5O2. The minimum Gasteiger partial charge on any atom is -0.356 e. The number of halogens is 1. The summed E-state index contributed by atoms with van der Waals surface area (Å²) in [6.07, 6.45) is 1.51. The van der Waals surface area contributed by atoms with Gasteiger partial charge in [0.2, 0.25) is 11.7 Å². The number of hydrogen-bond acceptors (Lipinski definition) is 4. The van der Waals surface area contributed by atoms with E-state index in [2.05, 4.69) is 15.4 Å². The van der Waals surface area contributed by atoms with Crippen LogP contribution < -0.4 is 10.9 Å². The zero-order chi connectivity index (χ0) is 19.6. The first-order valence-electron chi connectivity index (χ1n) is 8.90. The molecule has 0 radical (unpaired) electrons. The molecule has 0 aliphatic heterocycles. The van der Waals surface area contributed by atoms with Crippen LogP contribution in [-0.4, -0.2) is 31.6 Å². The largest absolute Gasteiger partial charge is 0.356 e. The number of rotatable bonds is 6. The van der Waals surface area contributed by atoms with Crippen molar-refractivity contribution in [2.75, 3.05) is 6.54 Å². The molecule has 142 valence electrons. The van der Waals surface area contributed by atoms with Crippen LogP contribution in [-0.2, 0) is 18.3 Å². The summed E-state index contributed by atoms with van der Waals surface area (Å²) in [6, 6.07) is 7.14. The first-order chi connectivity index (χ1) is 12.9. The first kappa shape index (κ1) is 19.1. The minimum atomic E-state index is -0.239. The van der Waals surface area contributed by atoms with Gasteiger partial charge in [-0.15, -0.1) is 5.10 Å². The number of carbonyl (C=O) groups is 1. The summed E-state index contributed by atoms with van der Waals surface area (Å²) in [7, 11) is 1.84. The van der Waals surface area contributed by atoms with Gasteiger partial charge in [-0.1, -0.05) is 18.5 Å². The number of hydrogen-bond donors (Lipinski definition) is 1. The predicted octanol–water partition coefficient (Wildman–Crippen LogP) is 2.52. The Labute approximate surface area is 162 Å². The highest BCUT2D eigenvalue weighted by Crippen LogP contribution is 2.19. The lowest BCUT2D eigenvalue weighted by atomic mass is 10.1. The van der Waals surface area contributed by atoms with Crippen molar-refractivity contribution in [3.63, 3.8) is 0 Å². The Kier molecular flexibility index (Phi) is 5.60. The fourth-order valence-corrected chi connectivity index (χ4v) is 3.02. The molecule has 0 unspecified atom stereocenters. The molecule has 3 aromatic rings. The molecule has 0 fully saturated rings. The van der Waals surface area contributed by atoms with Crippen LogP contribution in [0.5, 0.6) is 0 Å². The quantitative estimate of drug-likeness (QED) is 0.704. The van der Waals surface area contributed by atoms with Gasteiger partial charge in [-0.25, -0.2) is 0 Å². The van der Waals surface area contributed by atoms with E-state index < -0.39 is 0 Å². The van der Waals surface area contributed by atoms with Crippen molar-refractivity contribution in [2.24, 2.45) is 7.05 Å². The molecule has 0 atom stereocenters. The van der Waals surface area contributed by atoms with Crippen LogP contribution in [0.3, 0.4) is 0 Å². The summed E-state index contributed by atoms with van der Waals surface area (Å²) in [5.74, 6) is 0.858. The van der Waals surface area contributed by atoms with E-state index in [1.807, 2.05) is 37.6 Å². The second-order valence-corrected chi connectivity index (χ2v) is 6.87. The topological polar surface area (TPSA) is 81.3 Å². The van der Waals surface area contributed by atoms with Crippen molar-refractivity contribution in [1.82, 2.24) is 24.5 Å². The van der Waals surface area contributed by atoms with Gasteiger partial charge in [-0.3, -0.25) is 9.59 Å². The van der Waals surface area contributed by atoms with E-state index in [0.717, 1.165) is 17.7 Å². The van der Waals surface area contributed by atoms with Crippen LogP contribution in [0.2, 0.25) is 5.02 Å². The molecule has 0 bridgehead atoms. The molecule has 8 heteroatoms. The molecule has 3 rings (SSSR count). The number of benzene rings is 1. The Bertz CT molecular complexity index is 1040. The summed E-state index contributed by atoms with van der Waals surface area (Å²) < 4.78 is 3.13. The summed E-state index contributed by atoms with van der Waals surface area (Å²) in [5, 5.41) is 7.83. The van der Waals surface area contributed by atoms with Crippen LogP contribution in [0.15, 0.2) is 29.1 Å². The summed E-state index contributed by atoms with van der Waals surface area (Å²) in [5.41, 5.74) is 1.90. The summed E-state index contributed by atoms with van der Waals surface area (Å²) >= 11 is 5.93. The van der Waals surface area contributed by atoms with Gasteiger partial charge in [0.15, 0.2) is 5.82 Å². The lowest BCUT2D eigenvalue weighted by Gasteiger charge is -2.11. The van der Waals surface area contributed by atoms with Gasteiger partial charge in [-0.2, -0.15) is 9.50 Å². The highest BCUT2D eigenvalue weighted by atomic mass is 35.5. The first-order valence-corrected chi connectivity index (χ1v) is 9.28. The Balaban J connectivity index is 1.98. The van der Waals surface area contributed by atoms with Crippen molar-refractivity contribution in [3.05, 3.63) is 50.9 Å². The Morgan fingerprint density at radius 2 is 1.96 bits per heavy atom. The van der Waals surface area contributed by atoms with Crippen molar-refractivity contribution in [2.45, 2.75) is 33.1 Å². The second kappa shape index (κ2) is 7.92. The summed E-state index contributed by atoms with van der Waals surface area (Å²) in [6.45, 7) is 4.50. The van der Waals surface area contributed by atoms with E-state index in [0.29, 0.717) is 35.2 Å². The van der Waals surface area contributed by atoms with Crippen molar-refractivity contribution < 1.29 is 4.79 Å². The Hall–Kier alpha value is -2.67. The van der Waals surface area contributed by atoms with E-state index in [-0.39, 0.29) is 17.9 Å². The maximum Gasteiger partial charge on any atom is 0.279 e. The van der Waals surface area contributed by atoms with E-state index in [1.165, 1.54) is 4.52 Å².